The van der Waals surface area contributed by atoms with Crippen LogP contribution < -0.4 is 11.1 Å². The Hall–Kier alpha value is -1.79. The molecule has 1 aliphatic carbocycles. The standard InChI is InChI=1S/C18H24N2O/c1-14-5-2-9-17(11-10-14)20-18(21)16-8-3-6-15(13-16)7-4-12-19/h3,6,8,13-14,17H,2,5,9-12,19H2,1H3,(H,20,21). The van der Waals surface area contributed by atoms with Gasteiger partial charge in [-0.05, 0) is 43.4 Å². The van der Waals surface area contributed by atoms with Crippen LogP contribution in [-0.2, 0) is 0 Å². The summed E-state index contributed by atoms with van der Waals surface area (Å²) in [6.07, 6.45) is 5.85. The Balaban J connectivity index is 1.99. The van der Waals surface area contributed by atoms with E-state index >= 15 is 0 Å². The minimum Gasteiger partial charge on any atom is -0.349 e. The maximum absolute atomic E-state index is 12.3. The lowest BCUT2D eigenvalue weighted by atomic mass is 10.0. The predicted octanol–water partition coefficient (Wildman–Crippen LogP) is 2.70. The summed E-state index contributed by atoms with van der Waals surface area (Å²) in [5.74, 6) is 6.56. The molecular weight excluding hydrogens is 260 g/mol. The second kappa shape index (κ2) is 7.85. The number of rotatable bonds is 2. The molecule has 1 amide bonds. The summed E-state index contributed by atoms with van der Waals surface area (Å²) >= 11 is 0. The van der Waals surface area contributed by atoms with Crippen molar-refractivity contribution in [2.24, 2.45) is 11.7 Å². The van der Waals surface area contributed by atoms with Crippen molar-refractivity contribution >= 4 is 5.91 Å². The summed E-state index contributed by atoms with van der Waals surface area (Å²) in [4.78, 5) is 12.3. The summed E-state index contributed by atoms with van der Waals surface area (Å²) in [6, 6.07) is 7.73. The zero-order valence-electron chi connectivity index (χ0n) is 12.7. The van der Waals surface area contributed by atoms with Gasteiger partial charge in [-0.25, -0.2) is 0 Å². The molecule has 0 spiro atoms. The molecule has 2 rings (SSSR count). The molecule has 0 bridgehead atoms. The molecule has 1 aliphatic rings. The van der Waals surface area contributed by atoms with E-state index in [0.29, 0.717) is 18.2 Å². The predicted molar refractivity (Wildman–Crippen MR) is 85.9 cm³/mol. The van der Waals surface area contributed by atoms with Crippen LogP contribution in [0.1, 0.15) is 54.9 Å². The van der Waals surface area contributed by atoms with E-state index in [-0.39, 0.29) is 5.91 Å². The fourth-order valence-corrected chi connectivity index (χ4v) is 2.79. The number of nitrogens with two attached hydrogens (primary N) is 1. The van der Waals surface area contributed by atoms with Crippen LogP contribution in [0.15, 0.2) is 24.3 Å². The Morgan fingerprint density at radius 3 is 3.00 bits per heavy atom. The van der Waals surface area contributed by atoms with Crippen LogP contribution in [-0.4, -0.2) is 18.5 Å². The van der Waals surface area contributed by atoms with Crippen LogP contribution in [0.5, 0.6) is 0 Å². The number of benzene rings is 1. The van der Waals surface area contributed by atoms with Gasteiger partial charge in [0.05, 0.1) is 6.54 Å². The van der Waals surface area contributed by atoms with Gasteiger partial charge in [0.15, 0.2) is 0 Å². The lowest BCUT2D eigenvalue weighted by Gasteiger charge is -2.16. The van der Waals surface area contributed by atoms with Gasteiger partial charge in [0.1, 0.15) is 0 Å². The molecule has 0 radical (unpaired) electrons. The molecule has 0 heterocycles. The van der Waals surface area contributed by atoms with E-state index in [4.69, 9.17) is 5.73 Å². The van der Waals surface area contributed by atoms with E-state index in [0.717, 1.165) is 24.3 Å². The average molecular weight is 284 g/mol. The highest BCUT2D eigenvalue weighted by atomic mass is 16.1. The molecule has 0 aliphatic heterocycles. The van der Waals surface area contributed by atoms with Crippen molar-refractivity contribution in [3.8, 4) is 11.8 Å². The topological polar surface area (TPSA) is 55.1 Å². The van der Waals surface area contributed by atoms with Gasteiger partial charge >= 0.3 is 0 Å². The number of hydrogen-bond donors (Lipinski definition) is 2. The SMILES string of the molecule is CC1CCCC(NC(=O)c2cccc(C#CCN)c2)CC1. The molecule has 1 saturated carbocycles. The van der Waals surface area contributed by atoms with Crippen molar-refractivity contribution < 1.29 is 4.79 Å². The molecule has 1 aromatic carbocycles. The van der Waals surface area contributed by atoms with Gasteiger partial charge in [0.25, 0.3) is 5.91 Å². The molecule has 3 heteroatoms. The monoisotopic (exact) mass is 284 g/mol. The number of nitrogens with one attached hydrogen (secondary N) is 1. The van der Waals surface area contributed by atoms with Gasteiger partial charge in [-0.1, -0.05) is 37.7 Å². The Bertz CT molecular complexity index is 542. The van der Waals surface area contributed by atoms with Gasteiger partial charge in [-0.3, -0.25) is 4.79 Å². The first-order valence-electron chi connectivity index (χ1n) is 7.79. The Labute approximate surface area is 127 Å². The summed E-state index contributed by atoms with van der Waals surface area (Å²) in [5.41, 5.74) is 6.88. The van der Waals surface area contributed by atoms with Crippen LogP contribution in [0.4, 0.5) is 0 Å². The van der Waals surface area contributed by atoms with E-state index < -0.39 is 0 Å². The van der Waals surface area contributed by atoms with Crippen LogP contribution in [0, 0.1) is 17.8 Å². The van der Waals surface area contributed by atoms with Crippen molar-refractivity contribution in [1.29, 1.82) is 0 Å². The Morgan fingerprint density at radius 2 is 2.19 bits per heavy atom. The highest BCUT2D eigenvalue weighted by Gasteiger charge is 2.18. The highest BCUT2D eigenvalue weighted by Crippen LogP contribution is 2.22. The lowest BCUT2D eigenvalue weighted by Crippen LogP contribution is -2.34. The summed E-state index contributed by atoms with van der Waals surface area (Å²) in [6.45, 7) is 2.63. The zero-order chi connectivity index (χ0) is 15.1. The molecule has 2 unspecified atom stereocenters. The summed E-state index contributed by atoms with van der Waals surface area (Å²) in [5, 5.41) is 3.17. The fraction of sp³-hybridized carbons (Fsp3) is 0.500. The van der Waals surface area contributed by atoms with E-state index in [9.17, 15) is 4.79 Å². The van der Waals surface area contributed by atoms with Gasteiger partial charge in [0.2, 0.25) is 0 Å². The third kappa shape index (κ3) is 4.91. The highest BCUT2D eigenvalue weighted by molar-refractivity contribution is 5.94. The lowest BCUT2D eigenvalue weighted by molar-refractivity contribution is 0.0933. The maximum Gasteiger partial charge on any atom is 0.251 e. The molecule has 1 fully saturated rings. The molecule has 2 atom stereocenters. The summed E-state index contributed by atoms with van der Waals surface area (Å²) < 4.78 is 0. The second-order valence-corrected chi connectivity index (χ2v) is 5.87. The Morgan fingerprint density at radius 1 is 1.33 bits per heavy atom. The summed E-state index contributed by atoms with van der Waals surface area (Å²) in [7, 11) is 0. The molecular formula is C18H24N2O. The van der Waals surface area contributed by atoms with Gasteiger partial charge < -0.3 is 11.1 Å². The minimum absolute atomic E-state index is 0.00551. The van der Waals surface area contributed by atoms with Crippen LogP contribution in [0.3, 0.4) is 0 Å². The number of carbonyl (C=O) groups excluding carboxylic acids is 1. The van der Waals surface area contributed by atoms with E-state index in [1.165, 1.54) is 19.3 Å². The van der Waals surface area contributed by atoms with E-state index in [1.54, 1.807) is 0 Å². The average Bonchev–Trinajstić information content (AvgIpc) is 2.70. The second-order valence-electron chi connectivity index (χ2n) is 5.87. The maximum atomic E-state index is 12.3. The van der Waals surface area contributed by atoms with Gasteiger partial charge in [-0.2, -0.15) is 0 Å². The number of amides is 1. The third-order valence-electron chi connectivity index (χ3n) is 4.05. The minimum atomic E-state index is 0.00551. The van der Waals surface area contributed by atoms with Crippen molar-refractivity contribution in [2.45, 2.75) is 45.1 Å². The third-order valence-corrected chi connectivity index (χ3v) is 4.05. The first-order chi connectivity index (χ1) is 10.2. The molecule has 112 valence electrons. The normalized spacial score (nSPS) is 21.8. The fourth-order valence-electron chi connectivity index (χ4n) is 2.79. The number of hydrogen-bond acceptors (Lipinski definition) is 2. The van der Waals surface area contributed by atoms with Crippen LogP contribution in [0.25, 0.3) is 0 Å². The van der Waals surface area contributed by atoms with Gasteiger partial charge in [-0.15, -0.1) is 0 Å². The zero-order valence-corrected chi connectivity index (χ0v) is 12.7. The largest absolute Gasteiger partial charge is 0.349 e. The van der Waals surface area contributed by atoms with Crippen molar-refractivity contribution in [3.05, 3.63) is 35.4 Å². The molecule has 0 saturated heterocycles. The molecule has 0 aromatic heterocycles. The van der Waals surface area contributed by atoms with Crippen molar-refractivity contribution in [3.63, 3.8) is 0 Å². The Kier molecular flexibility index (Phi) is 5.83. The first-order valence-corrected chi connectivity index (χ1v) is 7.79. The molecule has 3 N–H and O–H groups in total. The van der Waals surface area contributed by atoms with E-state index in [2.05, 4.69) is 24.1 Å². The van der Waals surface area contributed by atoms with Gasteiger partial charge in [0, 0.05) is 17.2 Å². The number of carbonyl (C=O) groups is 1. The van der Waals surface area contributed by atoms with Crippen LogP contribution in [0.2, 0.25) is 0 Å². The van der Waals surface area contributed by atoms with Crippen molar-refractivity contribution in [2.75, 3.05) is 6.54 Å². The molecule has 21 heavy (non-hydrogen) atoms. The van der Waals surface area contributed by atoms with E-state index in [1.807, 2.05) is 24.3 Å². The van der Waals surface area contributed by atoms with Crippen LogP contribution >= 0.6 is 0 Å². The smallest absolute Gasteiger partial charge is 0.251 e. The molecule has 1 aromatic rings. The quantitative estimate of drug-likeness (QED) is 0.648. The van der Waals surface area contributed by atoms with Crippen molar-refractivity contribution in [1.82, 2.24) is 5.32 Å². The molecule has 3 nitrogen and oxygen atoms in total. The first kappa shape index (κ1) is 15.6.